The fourth-order valence-corrected chi connectivity index (χ4v) is 2.34. The number of hydrogen-bond donors (Lipinski definition) is 2. The Morgan fingerprint density at radius 3 is 2.48 bits per heavy atom. The van der Waals surface area contributed by atoms with Crippen LogP contribution in [0.1, 0.15) is 17.7 Å². The third-order valence-electron chi connectivity index (χ3n) is 3.69. The molecule has 0 aliphatic rings. The Hall–Kier alpha value is -2.27. The number of nitrogens with zero attached hydrogens (tertiary/aromatic N) is 1. The number of pyridine rings is 1. The van der Waals surface area contributed by atoms with Crippen LogP contribution >= 0.6 is 0 Å². The first-order valence-electron chi connectivity index (χ1n) is 6.68. The Bertz CT molecular complexity index is 601. The molecule has 0 fully saturated rings. The lowest BCUT2D eigenvalue weighted by molar-refractivity contribution is -0.143. The fraction of sp³-hybridized carbons (Fsp3) is 0.250. The molecule has 0 spiro atoms. The van der Waals surface area contributed by atoms with Crippen LogP contribution in [-0.2, 0) is 16.6 Å². The second kappa shape index (κ2) is 6.45. The number of hydrogen-bond acceptors (Lipinski definition) is 3. The number of carboxylic acids is 1. The molecule has 1 aromatic heterocycles. The summed E-state index contributed by atoms with van der Waals surface area (Å²) in [4.78, 5) is 16.0. The largest absolute Gasteiger partial charge is 0.481 e. The number of carbonyl (C=O) groups is 1. The van der Waals surface area contributed by atoms with Crippen molar-refractivity contribution in [3.8, 4) is 0 Å². The van der Waals surface area contributed by atoms with Crippen molar-refractivity contribution in [2.45, 2.75) is 18.3 Å². The summed E-state index contributed by atoms with van der Waals surface area (Å²) in [6.07, 6.45) is 2.46. The van der Waals surface area contributed by atoms with Gasteiger partial charge in [0.1, 0.15) is 11.2 Å². The topological polar surface area (TPSA) is 76.2 Å². The summed E-state index contributed by atoms with van der Waals surface area (Å²) in [5.74, 6) is -1.41. The molecule has 0 aliphatic heterocycles. The molecule has 1 heterocycles. The molecular formula is C16H17FN2O2. The van der Waals surface area contributed by atoms with Gasteiger partial charge in [0.25, 0.3) is 0 Å². The zero-order chi connectivity index (χ0) is 15.3. The first-order chi connectivity index (χ1) is 10.1. The zero-order valence-electron chi connectivity index (χ0n) is 11.5. The van der Waals surface area contributed by atoms with Crippen molar-refractivity contribution in [2.75, 3.05) is 6.54 Å². The smallest absolute Gasteiger partial charge is 0.315 e. The number of nitrogens with two attached hydrogens (primary N) is 1. The molecule has 1 aromatic carbocycles. The highest BCUT2D eigenvalue weighted by Gasteiger charge is 2.38. The van der Waals surface area contributed by atoms with Crippen LogP contribution in [0.4, 0.5) is 4.39 Å². The highest BCUT2D eigenvalue weighted by molar-refractivity contribution is 5.81. The van der Waals surface area contributed by atoms with Gasteiger partial charge < -0.3 is 10.8 Å². The average molecular weight is 288 g/mol. The molecule has 2 rings (SSSR count). The van der Waals surface area contributed by atoms with Crippen LogP contribution in [-0.4, -0.2) is 22.6 Å². The molecule has 21 heavy (non-hydrogen) atoms. The van der Waals surface area contributed by atoms with Crippen LogP contribution in [0.5, 0.6) is 0 Å². The van der Waals surface area contributed by atoms with Crippen molar-refractivity contribution >= 4 is 5.97 Å². The van der Waals surface area contributed by atoms with Crippen molar-refractivity contribution in [1.29, 1.82) is 0 Å². The van der Waals surface area contributed by atoms with E-state index >= 15 is 0 Å². The van der Waals surface area contributed by atoms with Gasteiger partial charge in [-0.3, -0.25) is 9.78 Å². The van der Waals surface area contributed by atoms with E-state index in [1.807, 2.05) is 12.1 Å². The number of carboxylic acid groups (broad SMARTS) is 1. The number of benzene rings is 1. The molecular weight excluding hydrogens is 271 g/mol. The number of aromatic nitrogens is 1. The highest BCUT2D eigenvalue weighted by atomic mass is 19.1. The van der Waals surface area contributed by atoms with Gasteiger partial charge in [-0.25, -0.2) is 4.39 Å². The van der Waals surface area contributed by atoms with Gasteiger partial charge in [0.05, 0.1) is 0 Å². The molecule has 0 saturated carbocycles. The molecule has 0 radical (unpaired) electrons. The van der Waals surface area contributed by atoms with Crippen molar-refractivity contribution in [2.24, 2.45) is 5.73 Å². The lowest BCUT2D eigenvalue weighted by Crippen LogP contribution is -2.43. The van der Waals surface area contributed by atoms with Gasteiger partial charge >= 0.3 is 5.97 Å². The van der Waals surface area contributed by atoms with E-state index in [9.17, 15) is 14.3 Å². The Kier molecular flexibility index (Phi) is 4.65. The molecule has 0 saturated heterocycles. The average Bonchev–Trinajstić information content (AvgIpc) is 2.50. The molecule has 4 nitrogen and oxygen atoms in total. The molecule has 1 unspecified atom stereocenters. The van der Waals surface area contributed by atoms with Crippen LogP contribution in [0.2, 0.25) is 0 Å². The molecule has 1 atom stereocenters. The van der Waals surface area contributed by atoms with Crippen molar-refractivity contribution < 1.29 is 14.3 Å². The van der Waals surface area contributed by atoms with E-state index in [0.29, 0.717) is 18.4 Å². The van der Waals surface area contributed by atoms with E-state index in [4.69, 9.17) is 5.73 Å². The summed E-state index contributed by atoms with van der Waals surface area (Å²) in [6, 6.07) is 11.0. The van der Waals surface area contributed by atoms with Gasteiger partial charge in [0.2, 0.25) is 0 Å². The van der Waals surface area contributed by atoms with Crippen molar-refractivity contribution in [3.05, 3.63) is 65.7 Å². The van der Waals surface area contributed by atoms with Crippen LogP contribution in [0.25, 0.3) is 0 Å². The molecule has 110 valence electrons. The van der Waals surface area contributed by atoms with Crippen LogP contribution in [0.15, 0.2) is 48.7 Å². The summed E-state index contributed by atoms with van der Waals surface area (Å²) in [7, 11) is 0. The number of rotatable bonds is 6. The highest BCUT2D eigenvalue weighted by Crippen LogP contribution is 2.29. The monoisotopic (exact) mass is 288 g/mol. The quantitative estimate of drug-likeness (QED) is 0.853. The van der Waals surface area contributed by atoms with Gasteiger partial charge in [-0.15, -0.1) is 0 Å². The Morgan fingerprint density at radius 2 is 1.95 bits per heavy atom. The Morgan fingerprint density at radius 1 is 1.24 bits per heavy atom. The van der Waals surface area contributed by atoms with E-state index in [1.165, 1.54) is 24.3 Å². The van der Waals surface area contributed by atoms with Gasteiger partial charge in [-0.05, 0) is 42.7 Å². The predicted molar refractivity (Wildman–Crippen MR) is 77.3 cm³/mol. The maximum atomic E-state index is 13.0. The summed E-state index contributed by atoms with van der Waals surface area (Å²) in [5, 5.41) is 9.63. The summed E-state index contributed by atoms with van der Waals surface area (Å²) in [5.41, 5.74) is 5.83. The standard InChI is InChI=1S/C16H17FN2O2/c17-13-6-4-12(5-7-13)16(11-18,15(20)21)9-8-14-3-1-2-10-19-14/h1-7,10H,8-9,11,18H2,(H,20,21). The van der Waals surface area contributed by atoms with E-state index in [2.05, 4.69) is 4.98 Å². The fourth-order valence-electron chi connectivity index (χ4n) is 2.34. The normalized spacial score (nSPS) is 13.6. The van der Waals surface area contributed by atoms with E-state index in [-0.39, 0.29) is 6.54 Å². The molecule has 0 amide bonds. The predicted octanol–water partition coefficient (Wildman–Crippen LogP) is 2.13. The van der Waals surface area contributed by atoms with E-state index in [0.717, 1.165) is 5.69 Å². The second-order valence-electron chi connectivity index (χ2n) is 4.92. The minimum absolute atomic E-state index is 0.0548. The number of aryl methyl sites for hydroxylation is 1. The lowest BCUT2D eigenvalue weighted by Gasteiger charge is -2.28. The van der Waals surface area contributed by atoms with Gasteiger partial charge in [0.15, 0.2) is 0 Å². The SMILES string of the molecule is NCC(CCc1ccccn1)(C(=O)O)c1ccc(F)cc1. The van der Waals surface area contributed by atoms with Crippen LogP contribution < -0.4 is 5.73 Å². The molecule has 0 bridgehead atoms. The zero-order valence-corrected chi connectivity index (χ0v) is 11.5. The van der Waals surface area contributed by atoms with Crippen molar-refractivity contribution in [3.63, 3.8) is 0 Å². The molecule has 2 aromatic rings. The third kappa shape index (κ3) is 3.25. The van der Waals surface area contributed by atoms with Crippen molar-refractivity contribution in [1.82, 2.24) is 4.98 Å². The summed E-state index contributed by atoms with van der Waals surface area (Å²) >= 11 is 0. The first-order valence-corrected chi connectivity index (χ1v) is 6.68. The summed E-state index contributed by atoms with van der Waals surface area (Å²) in [6.45, 7) is -0.0548. The van der Waals surface area contributed by atoms with E-state index in [1.54, 1.807) is 12.3 Å². The Balaban J connectivity index is 2.29. The number of aliphatic carboxylic acids is 1. The first kappa shape index (κ1) is 15.1. The summed E-state index contributed by atoms with van der Waals surface area (Å²) < 4.78 is 13.0. The molecule has 3 N–H and O–H groups in total. The van der Waals surface area contributed by atoms with Gasteiger partial charge in [-0.1, -0.05) is 18.2 Å². The maximum Gasteiger partial charge on any atom is 0.315 e. The minimum atomic E-state index is -1.23. The Labute approximate surface area is 122 Å². The minimum Gasteiger partial charge on any atom is -0.481 e. The van der Waals surface area contributed by atoms with Gasteiger partial charge in [-0.2, -0.15) is 0 Å². The molecule has 0 aliphatic carbocycles. The maximum absolute atomic E-state index is 13.0. The second-order valence-corrected chi connectivity index (χ2v) is 4.92. The van der Waals surface area contributed by atoms with Crippen LogP contribution in [0.3, 0.4) is 0 Å². The van der Waals surface area contributed by atoms with E-state index < -0.39 is 17.2 Å². The number of halogens is 1. The van der Waals surface area contributed by atoms with Gasteiger partial charge in [0, 0.05) is 18.4 Å². The van der Waals surface area contributed by atoms with Crippen LogP contribution in [0, 0.1) is 5.82 Å². The molecule has 5 heteroatoms. The third-order valence-corrected chi connectivity index (χ3v) is 3.69. The lowest BCUT2D eigenvalue weighted by atomic mass is 9.76.